The van der Waals surface area contributed by atoms with Gasteiger partial charge in [-0.3, -0.25) is 9.20 Å². The Bertz CT molecular complexity index is 849. The minimum Gasteiger partial charge on any atom is -0.494 e. The van der Waals surface area contributed by atoms with Crippen molar-refractivity contribution in [1.82, 2.24) is 14.7 Å². The van der Waals surface area contributed by atoms with Gasteiger partial charge in [0.05, 0.1) is 30.6 Å². The van der Waals surface area contributed by atoms with Gasteiger partial charge in [-0.2, -0.15) is 0 Å². The monoisotopic (exact) mass is 371 g/mol. The zero-order chi connectivity index (χ0) is 18.2. The molecule has 6 nitrogen and oxygen atoms in total. The number of imidazole rings is 1. The number of pyridine rings is 1. The second kappa shape index (κ2) is 9.15. The number of carbonyl (C=O) groups is 1. The average molecular weight is 371 g/mol. The Hall–Kier alpha value is -2.67. The third-order valence-electron chi connectivity index (χ3n) is 3.56. The van der Waals surface area contributed by atoms with Crippen molar-refractivity contribution in [2.75, 3.05) is 25.5 Å². The van der Waals surface area contributed by atoms with E-state index < -0.39 is 0 Å². The molecule has 0 radical (unpaired) electrons. The highest BCUT2D eigenvalue weighted by Crippen LogP contribution is 2.18. The van der Waals surface area contributed by atoms with Crippen molar-refractivity contribution in [3.8, 4) is 11.5 Å². The van der Waals surface area contributed by atoms with Crippen LogP contribution in [0.2, 0.25) is 0 Å². The van der Waals surface area contributed by atoms with E-state index in [1.54, 1.807) is 6.20 Å². The van der Waals surface area contributed by atoms with Crippen LogP contribution < -0.4 is 14.8 Å². The molecule has 0 aliphatic heterocycles. The number of carbonyl (C=O) groups excluding carboxylic acids is 1. The van der Waals surface area contributed by atoms with Crippen LogP contribution in [0.25, 0.3) is 5.52 Å². The van der Waals surface area contributed by atoms with E-state index in [0.29, 0.717) is 25.5 Å². The van der Waals surface area contributed by atoms with Crippen molar-refractivity contribution in [3.05, 3.63) is 54.9 Å². The van der Waals surface area contributed by atoms with Crippen LogP contribution in [0, 0.1) is 0 Å². The normalized spacial score (nSPS) is 10.7. The molecular formula is C19H21N3O3S. The fourth-order valence-corrected chi connectivity index (χ4v) is 3.16. The largest absolute Gasteiger partial charge is 0.494 e. The highest BCUT2D eigenvalue weighted by atomic mass is 32.2. The highest BCUT2D eigenvalue weighted by Gasteiger charge is 2.07. The molecule has 0 unspecified atom stereocenters. The molecule has 0 saturated heterocycles. The number of thioether (sulfide) groups is 1. The molecule has 7 heteroatoms. The van der Waals surface area contributed by atoms with Crippen molar-refractivity contribution >= 4 is 23.2 Å². The van der Waals surface area contributed by atoms with E-state index in [1.165, 1.54) is 11.8 Å². The summed E-state index contributed by atoms with van der Waals surface area (Å²) >= 11 is 1.41. The van der Waals surface area contributed by atoms with Gasteiger partial charge in [0, 0.05) is 6.20 Å². The number of benzene rings is 1. The highest BCUT2D eigenvalue weighted by molar-refractivity contribution is 7.99. The van der Waals surface area contributed by atoms with Crippen LogP contribution in [0.15, 0.2) is 60.0 Å². The lowest BCUT2D eigenvalue weighted by Gasteiger charge is -2.08. The van der Waals surface area contributed by atoms with Crippen LogP contribution in [-0.2, 0) is 4.79 Å². The molecule has 0 bridgehead atoms. The van der Waals surface area contributed by atoms with Gasteiger partial charge >= 0.3 is 0 Å². The molecule has 136 valence electrons. The van der Waals surface area contributed by atoms with E-state index in [2.05, 4.69) is 10.3 Å². The molecule has 0 aliphatic carbocycles. The number of fused-ring (bicyclic) bond motifs is 1. The van der Waals surface area contributed by atoms with Crippen LogP contribution in [0.4, 0.5) is 0 Å². The van der Waals surface area contributed by atoms with Gasteiger partial charge in [0.15, 0.2) is 5.16 Å². The zero-order valence-corrected chi connectivity index (χ0v) is 15.4. The zero-order valence-electron chi connectivity index (χ0n) is 14.6. The maximum atomic E-state index is 12.0. The summed E-state index contributed by atoms with van der Waals surface area (Å²) in [4.78, 5) is 16.3. The molecule has 3 rings (SSSR count). The van der Waals surface area contributed by atoms with Crippen molar-refractivity contribution < 1.29 is 14.3 Å². The second-order valence-corrected chi connectivity index (χ2v) is 6.37. The minimum atomic E-state index is -0.0435. The fourth-order valence-electron chi connectivity index (χ4n) is 2.37. The molecular weight excluding hydrogens is 350 g/mol. The third kappa shape index (κ3) is 4.92. The molecule has 3 aromatic rings. The van der Waals surface area contributed by atoms with Crippen molar-refractivity contribution in [3.63, 3.8) is 0 Å². The third-order valence-corrected chi connectivity index (χ3v) is 4.53. The standard InChI is InChI=1S/C19H21N3O3S/c1-2-24-16-6-8-17(9-7-16)25-12-10-20-18(23)14-26-19-21-13-15-5-3-4-11-22(15)19/h3-9,11,13H,2,10,12,14H2,1H3,(H,20,23). The van der Waals surface area contributed by atoms with Gasteiger partial charge in [-0.05, 0) is 43.3 Å². The minimum absolute atomic E-state index is 0.0435. The van der Waals surface area contributed by atoms with Gasteiger partial charge < -0.3 is 14.8 Å². The Morgan fingerprint density at radius 1 is 1.15 bits per heavy atom. The predicted octanol–water partition coefficient (Wildman–Crippen LogP) is 3.02. The lowest BCUT2D eigenvalue weighted by molar-refractivity contribution is -0.118. The fraction of sp³-hybridized carbons (Fsp3) is 0.263. The molecule has 2 heterocycles. The number of hydrogen-bond acceptors (Lipinski definition) is 5. The van der Waals surface area contributed by atoms with Crippen LogP contribution in [-0.4, -0.2) is 40.8 Å². The van der Waals surface area contributed by atoms with Gasteiger partial charge in [0.1, 0.15) is 18.1 Å². The Morgan fingerprint density at radius 2 is 1.92 bits per heavy atom. The first kappa shape index (κ1) is 18.1. The summed E-state index contributed by atoms with van der Waals surface area (Å²) in [5.41, 5.74) is 1.01. The predicted molar refractivity (Wildman–Crippen MR) is 102 cm³/mol. The first-order valence-electron chi connectivity index (χ1n) is 8.43. The SMILES string of the molecule is CCOc1ccc(OCCNC(=O)CSc2ncc3ccccn23)cc1. The summed E-state index contributed by atoms with van der Waals surface area (Å²) in [5, 5.41) is 3.66. The smallest absolute Gasteiger partial charge is 0.230 e. The van der Waals surface area contributed by atoms with E-state index in [0.717, 1.165) is 22.2 Å². The number of hydrogen-bond donors (Lipinski definition) is 1. The van der Waals surface area contributed by atoms with E-state index in [4.69, 9.17) is 9.47 Å². The van der Waals surface area contributed by atoms with Crippen LogP contribution in [0.1, 0.15) is 6.92 Å². The summed E-state index contributed by atoms with van der Waals surface area (Å²) < 4.78 is 12.9. The van der Waals surface area contributed by atoms with Gasteiger partial charge in [-0.1, -0.05) is 17.8 Å². The Kier molecular flexibility index (Phi) is 6.38. The van der Waals surface area contributed by atoms with Crippen molar-refractivity contribution in [1.29, 1.82) is 0 Å². The average Bonchev–Trinajstić information content (AvgIpc) is 3.08. The van der Waals surface area contributed by atoms with Gasteiger partial charge in [0.2, 0.25) is 5.91 Å². The Balaban J connectivity index is 1.36. The summed E-state index contributed by atoms with van der Waals surface area (Å²) in [6.07, 6.45) is 3.73. The second-order valence-electron chi connectivity index (χ2n) is 5.43. The van der Waals surface area contributed by atoms with Crippen LogP contribution in [0.3, 0.4) is 0 Å². The Labute approximate surface area is 156 Å². The van der Waals surface area contributed by atoms with Gasteiger partial charge in [-0.25, -0.2) is 4.98 Å². The molecule has 0 fully saturated rings. The molecule has 0 aliphatic rings. The summed E-state index contributed by atoms with van der Waals surface area (Å²) in [6, 6.07) is 13.3. The number of ether oxygens (including phenoxy) is 2. The van der Waals surface area contributed by atoms with Crippen molar-refractivity contribution in [2.24, 2.45) is 0 Å². The molecule has 1 amide bonds. The molecule has 0 saturated carbocycles. The van der Waals surface area contributed by atoms with Gasteiger partial charge in [0.25, 0.3) is 0 Å². The first-order chi connectivity index (χ1) is 12.8. The topological polar surface area (TPSA) is 64.9 Å². The number of nitrogens with zero attached hydrogens (tertiary/aromatic N) is 2. The van der Waals surface area contributed by atoms with Crippen LogP contribution in [0.5, 0.6) is 11.5 Å². The van der Waals surface area contributed by atoms with E-state index in [9.17, 15) is 4.79 Å². The van der Waals surface area contributed by atoms with E-state index >= 15 is 0 Å². The molecule has 26 heavy (non-hydrogen) atoms. The summed E-state index contributed by atoms with van der Waals surface area (Å²) in [5.74, 6) is 1.84. The van der Waals surface area contributed by atoms with Crippen molar-refractivity contribution in [2.45, 2.75) is 12.1 Å². The van der Waals surface area contributed by atoms with E-state index in [1.807, 2.05) is 60.0 Å². The Morgan fingerprint density at radius 3 is 2.69 bits per heavy atom. The molecule has 1 N–H and O–H groups in total. The number of aromatic nitrogens is 2. The van der Waals surface area contributed by atoms with E-state index in [-0.39, 0.29) is 5.91 Å². The number of rotatable bonds is 9. The molecule has 2 aromatic heterocycles. The van der Waals surface area contributed by atoms with Crippen LogP contribution >= 0.6 is 11.8 Å². The first-order valence-corrected chi connectivity index (χ1v) is 9.42. The van der Waals surface area contributed by atoms with Gasteiger partial charge in [-0.15, -0.1) is 0 Å². The summed E-state index contributed by atoms with van der Waals surface area (Å²) in [7, 11) is 0. The number of nitrogens with one attached hydrogen (secondary N) is 1. The number of amides is 1. The molecule has 0 atom stereocenters. The maximum absolute atomic E-state index is 12.0. The summed E-state index contributed by atoms with van der Waals surface area (Å²) in [6.45, 7) is 3.45. The lowest BCUT2D eigenvalue weighted by Crippen LogP contribution is -2.29. The molecule has 1 aromatic carbocycles. The lowest BCUT2D eigenvalue weighted by atomic mass is 10.3. The quantitative estimate of drug-likeness (QED) is 0.463. The molecule has 0 spiro atoms. The maximum Gasteiger partial charge on any atom is 0.230 e.